The predicted molar refractivity (Wildman–Crippen MR) is 124 cm³/mol. The zero-order valence-electron chi connectivity index (χ0n) is 19.3. The van der Waals surface area contributed by atoms with Gasteiger partial charge in [-0.25, -0.2) is 0 Å². The maximum atomic E-state index is 12.8. The topological polar surface area (TPSA) is 125 Å². The summed E-state index contributed by atoms with van der Waals surface area (Å²) in [6.07, 6.45) is -0.533. The lowest BCUT2D eigenvalue weighted by molar-refractivity contribution is -0.142. The molecule has 2 aromatic carbocycles. The molecular formula is C25H28N2O8. The summed E-state index contributed by atoms with van der Waals surface area (Å²) in [6.45, 7) is 0.784. The molecule has 10 heteroatoms. The number of hydrogen-bond acceptors (Lipinski definition) is 8. The summed E-state index contributed by atoms with van der Waals surface area (Å²) in [4.78, 5) is 25.1. The number of hydrogen-bond donors (Lipinski definition) is 3. The standard InChI is InChI=1S/C25H28N2O8/c1-31-7-6-26-23(29)11-16-10-18-17-9-15(3-5-19(17)35-24(18)22(12-28)34-16)27-25(30)14-2-4-20-21(8-14)33-13-32-20/h2-5,8-9,16,18,22,24,28H,6-7,10-13H2,1H3,(H,26,29)(H,27,30)/t16-,18-,22+,24+/m0/s1. The SMILES string of the molecule is COCCNC(=O)C[C@@H]1C[C@H]2c3cc(NC(=O)c4ccc5c(c4)OCO5)ccc3O[C@H]2[C@@H](CO)O1. The van der Waals surface area contributed by atoms with E-state index in [1.807, 2.05) is 12.1 Å². The highest BCUT2D eigenvalue weighted by Crippen LogP contribution is 2.47. The molecule has 3 aliphatic heterocycles. The number of carbonyl (C=O) groups is 2. The van der Waals surface area contributed by atoms with E-state index in [-0.39, 0.29) is 49.8 Å². The minimum Gasteiger partial charge on any atom is -0.487 e. The molecule has 0 aromatic heterocycles. The van der Waals surface area contributed by atoms with Crippen LogP contribution in [0.25, 0.3) is 0 Å². The molecule has 0 unspecified atom stereocenters. The van der Waals surface area contributed by atoms with Crippen LogP contribution in [0.4, 0.5) is 5.69 Å². The van der Waals surface area contributed by atoms with Gasteiger partial charge in [-0.2, -0.15) is 0 Å². The van der Waals surface area contributed by atoms with Gasteiger partial charge in [0.15, 0.2) is 11.5 Å². The monoisotopic (exact) mass is 484 g/mol. The first-order valence-corrected chi connectivity index (χ1v) is 11.6. The normalized spacial score (nSPS) is 23.7. The molecule has 3 heterocycles. The number of aliphatic hydroxyl groups is 1. The number of ether oxygens (including phenoxy) is 5. The average Bonchev–Trinajstić information content (AvgIpc) is 3.47. The summed E-state index contributed by atoms with van der Waals surface area (Å²) >= 11 is 0. The van der Waals surface area contributed by atoms with Gasteiger partial charge in [0, 0.05) is 36.4 Å². The molecule has 10 nitrogen and oxygen atoms in total. The third kappa shape index (κ3) is 4.90. The fourth-order valence-electron chi connectivity index (χ4n) is 4.78. The molecule has 1 fully saturated rings. The van der Waals surface area contributed by atoms with Crippen molar-refractivity contribution in [3.8, 4) is 17.2 Å². The number of benzene rings is 2. The molecule has 0 bridgehead atoms. The fourth-order valence-corrected chi connectivity index (χ4v) is 4.78. The molecule has 4 atom stereocenters. The van der Waals surface area contributed by atoms with Gasteiger partial charge in [0.1, 0.15) is 18.0 Å². The Morgan fingerprint density at radius 3 is 2.77 bits per heavy atom. The van der Waals surface area contributed by atoms with Crippen molar-refractivity contribution in [1.29, 1.82) is 0 Å². The molecule has 5 rings (SSSR count). The highest BCUT2D eigenvalue weighted by molar-refractivity contribution is 6.04. The lowest BCUT2D eigenvalue weighted by Gasteiger charge is -2.37. The number of nitrogens with one attached hydrogen (secondary N) is 2. The van der Waals surface area contributed by atoms with Gasteiger partial charge in [-0.15, -0.1) is 0 Å². The van der Waals surface area contributed by atoms with E-state index in [9.17, 15) is 14.7 Å². The van der Waals surface area contributed by atoms with Gasteiger partial charge in [0.2, 0.25) is 12.7 Å². The first-order chi connectivity index (χ1) is 17.1. The van der Waals surface area contributed by atoms with E-state index in [0.717, 1.165) is 5.56 Å². The molecule has 3 aliphatic rings. The maximum absolute atomic E-state index is 12.8. The van der Waals surface area contributed by atoms with Gasteiger partial charge < -0.3 is 39.4 Å². The lowest BCUT2D eigenvalue weighted by Crippen LogP contribution is -2.47. The van der Waals surface area contributed by atoms with Crippen LogP contribution < -0.4 is 24.8 Å². The van der Waals surface area contributed by atoms with E-state index in [1.165, 1.54) is 0 Å². The molecule has 35 heavy (non-hydrogen) atoms. The fraction of sp³-hybridized carbons (Fsp3) is 0.440. The van der Waals surface area contributed by atoms with Gasteiger partial charge in [-0.1, -0.05) is 0 Å². The maximum Gasteiger partial charge on any atom is 0.255 e. The highest BCUT2D eigenvalue weighted by Gasteiger charge is 2.46. The average molecular weight is 485 g/mol. The van der Waals surface area contributed by atoms with Gasteiger partial charge in [-0.05, 0) is 42.8 Å². The summed E-state index contributed by atoms with van der Waals surface area (Å²) in [5.74, 6) is 1.36. The Labute approximate surface area is 202 Å². The van der Waals surface area contributed by atoms with Crippen LogP contribution in [0.3, 0.4) is 0 Å². The summed E-state index contributed by atoms with van der Waals surface area (Å²) in [7, 11) is 1.58. The molecule has 0 aliphatic carbocycles. The largest absolute Gasteiger partial charge is 0.487 e. The zero-order chi connectivity index (χ0) is 24.4. The van der Waals surface area contributed by atoms with E-state index >= 15 is 0 Å². The summed E-state index contributed by atoms with van der Waals surface area (Å²) in [5, 5.41) is 15.6. The second-order valence-corrected chi connectivity index (χ2v) is 8.73. The first-order valence-electron chi connectivity index (χ1n) is 11.6. The third-order valence-electron chi connectivity index (χ3n) is 6.43. The Balaban J connectivity index is 1.29. The van der Waals surface area contributed by atoms with Crippen molar-refractivity contribution >= 4 is 17.5 Å². The minimum absolute atomic E-state index is 0.0740. The van der Waals surface area contributed by atoms with Crippen LogP contribution in [0.15, 0.2) is 36.4 Å². The van der Waals surface area contributed by atoms with Crippen LogP contribution in [0.1, 0.15) is 34.7 Å². The number of amides is 2. The quantitative estimate of drug-likeness (QED) is 0.485. The first kappa shape index (κ1) is 23.4. The number of aliphatic hydroxyl groups excluding tert-OH is 1. The summed E-state index contributed by atoms with van der Waals surface area (Å²) < 4.78 is 27.7. The molecule has 2 amide bonds. The summed E-state index contributed by atoms with van der Waals surface area (Å²) in [6, 6.07) is 10.5. The molecular weight excluding hydrogens is 456 g/mol. The molecule has 3 N–H and O–H groups in total. The molecule has 2 aromatic rings. The second kappa shape index (κ2) is 10.1. The Bertz CT molecular complexity index is 1110. The number of methoxy groups -OCH3 is 1. The Morgan fingerprint density at radius 1 is 1.11 bits per heavy atom. The number of rotatable bonds is 8. The van der Waals surface area contributed by atoms with Crippen LogP contribution in [0, 0.1) is 0 Å². The van der Waals surface area contributed by atoms with Crippen molar-refractivity contribution in [2.75, 3.05) is 39.0 Å². The van der Waals surface area contributed by atoms with Crippen LogP contribution >= 0.6 is 0 Å². The summed E-state index contributed by atoms with van der Waals surface area (Å²) in [5.41, 5.74) is 2.00. The van der Waals surface area contributed by atoms with Crippen molar-refractivity contribution < 1.29 is 38.4 Å². The van der Waals surface area contributed by atoms with E-state index in [0.29, 0.717) is 48.1 Å². The number of fused-ring (bicyclic) bond motifs is 4. The highest BCUT2D eigenvalue weighted by atomic mass is 16.7. The van der Waals surface area contributed by atoms with Gasteiger partial charge in [0.25, 0.3) is 5.91 Å². The van der Waals surface area contributed by atoms with Crippen molar-refractivity contribution in [2.24, 2.45) is 0 Å². The predicted octanol–water partition coefficient (Wildman–Crippen LogP) is 1.81. The van der Waals surface area contributed by atoms with E-state index in [1.54, 1.807) is 31.4 Å². The van der Waals surface area contributed by atoms with Crippen LogP contribution in [-0.4, -0.2) is 68.9 Å². The van der Waals surface area contributed by atoms with Gasteiger partial charge in [0.05, 0.1) is 25.7 Å². The molecule has 1 saturated heterocycles. The Kier molecular flexibility index (Phi) is 6.76. The Hall–Kier alpha value is -3.34. The number of anilines is 1. The molecule has 0 radical (unpaired) electrons. The van der Waals surface area contributed by atoms with E-state index in [2.05, 4.69) is 10.6 Å². The second-order valence-electron chi connectivity index (χ2n) is 8.73. The zero-order valence-corrected chi connectivity index (χ0v) is 19.3. The molecule has 0 spiro atoms. The van der Waals surface area contributed by atoms with Gasteiger partial charge in [-0.3, -0.25) is 9.59 Å². The van der Waals surface area contributed by atoms with Crippen LogP contribution in [0.5, 0.6) is 17.2 Å². The smallest absolute Gasteiger partial charge is 0.255 e. The Morgan fingerprint density at radius 2 is 1.94 bits per heavy atom. The van der Waals surface area contributed by atoms with E-state index in [4.69, 9.17) is 23.7 Å². The molecule has 0 saturated carbocycles. The van der Waals surface area contributed by atoms with Crippen molar-refractivity contribution in [3.05, 3.63) is 47.5 Å². The van der Waals surface area contributed by atoms with Gasteiger partial charge >= 0.3 is 0 Å². The number of carbonyl (C=O) groups excluding carboxylic acids is 2. The van der Waals surface area contributed by atoms with Crippen LogP contribution in [-0.2, 0) is 14.3 Å². The van der Waals surface area contributed by atoms with Crippen LogP contribution in [0.2, 0.25) is 0 Å². The molecule has 186 valence electrons. The third-order valence-corrected chi connectivity index (χ3v) is 6.43. The van der Waals surface area contributed by atoms with Crippen molar-refractivity contribution in [3.63, 3.8) is 0 Å². The van der Waals surface area contributed by atoms with Crippen molar-refractivity contribution in [2.45, 2.75) is 37.1 Å². The van der Waals surface area contributed by atoms with E-state index < -0.39 is 6.10 Å². The lowest BCUT2D eigenvalue weighted by atomic mass is 9.84. The van der Waals surface area contributed by atoms with Crippen molar-refractivity contribution in [1.82, 2.24) is 5.32 Å². The minimum atomic E-state index is -0.551.